The van der Waals surface area contributed by atoms with Gasteiger partial charge in [0.2, 0.25) is 0 Å². The summed E-state index contributed by atoms with van der Waals surface area (Å²) in [5.74, 6) is 0. The van der Waals surface area contributed by atoms with Gasteiger partial charge in [0.05, 0.1) is 0 Å². The highest BCUT2D eigenvalue weighted by atomic mass is 16.2. The van der Waals surface area contributed by atoms with Gasteiger partial charge in [-0.3, -0.25) is 24.1 Å². The lowest BCUT2D eigenvalue weighted by Crippen LogP contribution is -2.22. The van der Waals surface area contributed by atoms with Gasteiger partial charge in [-0.25, -0.2) is 9.78 Å². The summed E-state index contributed by atoms with van der Waals surface area (Å²) in [6.45, 7) is 0. The Bertz CT molecular complexity index is 646. The Morgan fingerprint density at radius 1 is 1.33 bits per heavy atom. The zero-order valence-electron chi connectivity index (χ0n) is 7.43. The number of hydrogen-bond donors (Lipinski definition) is 2. The van der Waals surface area contributed by atoms with Gasteiger partial charge in [-0.1, -0.05) is 0 Å². The lowest BCUT2D eigenvalue weighted by atomic mass is 10.5. The van der Waals surface area contributed by atoms with E-state index in [1.54, 1.807) is 0 Å². The van der Waals surface area contributed by atoms with Crippen molar-refractivity contribution in [1.82, 2.24) is 19.5 Å². The summed E-state index contributed by atoms with van der Waals surface area (Å²) >= 11 is 0. The van der Waals surface area contributed by atoms with Crippen molar-refractivity contribution in [2.75, 3.05) is 0 Å². The van der Waals surface area contributed by atoms with Crippen molar-refractivity contribution in [2.24, 2.45) is 0 Å². The quantitative estimate of drug-likeness (QED) is 0.490. The maximum atomic E-state index is 11.2. The molecule has 0 amide bonds. The zero-order valence-corrected chi connectivity index (χ0v) is 7.43. The average molecular weight is 206 g/mol. The van der Waals surface area contributed by atoms with Crippen LogP contribution in [0.5, 0.6) is 0 Å². The van der Waals surface area contributed by atoms with Crippen molar-refractivity contribution in [1.29, 1.82) is 0 Å². The Kier molecular flexibility index (Phi) is 2.05. The van der Waals surface area contributed by atoms with Gasteiger partial charge in [0, 0.05) is 6.20 Å². The molecule has 7 heteroatoms. The lowest BCUT2D eigenvalue weighted by Gasteiger charge is -1.92. The number of nitrogens with zero attached hydrogens (tertiary/aromatic N) is 2. The van der Waals surface area contributed by atoms with Crippen LogP contribution < -0.4 is 11.2 Å². The van der Waals surface area contributed by atoms with E-state index in [0.29, 0.717) is 6.29 Å². The van der Waals surface area contributed by atoms with Crippen molar-refractivity contribution in [2.45, 2.75) is 0 Å². The average Bonchev–Trinajstić information content (AvgIpc) is 2.58. The third-order valence-corrected chi connectivity index (χ3v) is 1.79. The van der Waals surface area contributed by atoms with E-state index in [-0.39, 0.29) is 11.2 Å². The minimum Gasteiger partial charge on any atom is -0.299 e. The number of imidazole rings is 1. The second-order valence-electron chi connectivity index (χ2n) is 2.73. The van der Waals surface area contributed by atoms with Crippen LogP contribution in [0.1, 0.15) is 0 Å². The van der Waals surface area contributed by atoms with Gasteiger partial charge in [-0.05, 0) is 6.08 Å². The molecule has 0 unspecified atom stereocenters. The smallest absolute Gasteiger partial charge is 0.299 e. The standard InChI is InChI=1S/C8H6N4O3/c13-3-1-2-12-4-9-5-6(12)10-8(15)11-7(5)14/h1-4H,(H2,10,11,14,15). The summed E-state index contributed by atoms with van der Waals surface area (Å²) in [5.41, 5.74) is -0.812. The second kappa shape index (κ2) is 3.37. The maximum Gasteiger partial charge on any atom is 0.327 e. The number of H-pyrrole nitrogens is 2. The van der Waals surface area contributed by atoms with Gasteiger partial charge < -0.3 is 0 Å². The molecule has 0 atom stereocenters. The van der Waals surface area contributed by atoms with Crippen LogP contribution in [-0.4, -0.2) is 25.8 Å². The van der Waals surface area contributed by atoms with Crippen LogP contribution >= 0.6 is 0 Å². The van der Waals surface area contributed by atoms with Gasteiger partial charge in [-0.15, -0.1) is 0 Å². The van der Waals surface area contributed by atoms with Crippen molar-refractivity contribution in [3.63, 3.8) is 0 Å². The highest BCUT2D eigenvalue weighted by Crippen LogP contribution is 2.02. The number of carbonyl (C=O) groups is 1. The molecule has 0 spiro atoms. The molecule has 2 rings (SSSR count). The first-order chi connectivity index (χ1) is 7.22. The Morgan fingerprint density at radius 3 is 2.87 bits per heavy atom. The molecule has 2 N–H and O–H groups in total. The molecule has 0 aromatic carbocycles. The molecular weight excluding hydrogens is 200 g/mol. The second-order valence-corrected chi connectivity index (χ2v) is 2.73. The molecule has 0 bridgehead atoms. The number of aromatic amines is 2. The number of rotatable bonds is 2. The van der Waals surface area contributed by atoms with Crippen molar-refractivity contribution < 1.29 is 4.79 Å². The van der Waals surface area contributed by atoms with Gasteiger partial charge in [0.1, 0.15) is 12.6 Å². The Balaban J connectivity index is 2.79. The van der Waals surface area contributed by atoms with Crippen molar-refractivity contribution in [3.05, 3.63) is 33.2 Å². The molecule has 15 heavy (non-hydrogen) atoms. The van der Waals surface area contributed by atoms with Gasteiger partial charge in [0.25, 0.3) is 5.56 Å². The summed E-state index contributed by atoms with van der Waals surface area (Å²) in [5, 5.41) is 0. The monoisotopic (exact) mass is 206 g/mol. The van der Waals surface area contributed by atoms with Gasteiger partial charge in [0.15, 0.2) is 11.2 Å². The van der Waals surface area contributed by atoms with Crippen LogP contribution in [0, 0.1) is 0 Å². The molecule has 0 fully saturated rings. The number of hydrogen-bond acceptors (Lipinski definition) is 4. The largest absolute Gasteiger partial charge is 0.327 e. The number of fused-ring (bicyclic) bond motifs is 1. The molecule has 2 aromatic rings. The summed E-state index contributed by atoms with van der Waals surface area (Å²) in [6, 6.07) is 0. The van der Waals surface area contributed by atoms with E-state index in [1.165, 1.54) is 23.2 Å². The molecule has 76 valence electrons. The van der Waals surface area contributed by atoms with E-state index in [0.717, 1.165) is 0 Å². The summed E-state index contributed by atoms with van der Waals surface area (Å²) in [7, 11) is 0. The molecule has 0 radical (unpaired) electrons. The highest BCUT2D eigenvalue weighted by molar-refractivity contribution is 5.75. The first kappa shape index (κ1) is 9.13. The van der Waals surface area contributed by atoms with Gasteiger partial charge in [-0.2, -0.15) is 0 Å². The van der Waals surface area contributed by atoms with Crippen LogP contribution in [0.15, 0.2) is 22.0 Å². The first-order valence-corrected chi connectivity index (χ1v) is 4.03. The Labute approximate surface area is 82.1 Å². The van der Waals surface area contributed by atoms with E-state index in [4.69, 9.17) is 0 Å². The Hall–Kier alpha value is -2.44. The first-order valence-electron chi connectivity index (χ1n) is 4.03. The van der Waals surface area contributed by atoms with Crippen molar-refractivity contribution >= 4 is 23.6 Å². The van der Waals surface area contributed by atoms with Crippen LogP contribution in [0.25, 0.3) is 17.4 Å². The predicted molar refractivity (Wildman–Crippen MR) is 52.4 cm³/mol. The Morgan fingerprint density at radius 2 is 2.13 bits per heavy atom. The summed E-state index contributed by atoms with van der Waals surface area (Å²) in [6.07, 6.45) is 4.52. The number of aromatic nitrogens is 4. The minimum absolute atomic E-state index is 0.116. The molecule has 2 aromatic heterocycles. The molecule has 0 saturated heterocycles. The zero-order chi connectivity index (χ0) is 10.8. The van der Waals surface area contributed by atoms with Crippen molar-refractivity contribution in [3.8, 4) is 0 Å². The number of carbonyl (C=O) groups excluding carboxylic acids is 1. The maximum absolute atomic E-state index is 11.2. The molecule has 2 heterocycles. The van der Waals surface area contributed by atoms with E-state index < -0.39 is 11.2 Å². The van der Waals surface area contributed by atoms with Gasteiger partial charge >= 0.3 is 5.69 Å². The van der Waals surface area contributed by atoms with E-state index in [2.05, 4.69) is 9.97 Å². The van der Waals surface area contributed by atoms with E-state index in [9.17, 15) is 14.4 Å². The SMILES string of the molecule is O=CC=Cn1cnc2c(=O)[nH]c(=O)[nH]c21. The molecule has 0 aliphatic heterocycles. The lowest BCUT2D eigenvalue weighted by molar-refractivity contribution is -0.104. The van der Waals surface area contributed by atoms with Crippen LogP contribution in [-0.2, 0) is 4.79 Å². The molecule has 0 aliphatic rings. The van der Waals surface area contributed by atoms with E-state index >= 15 is 0 Å². The fourth-order valence-corrected chi connectivity index (χ4v) is 1.19. The topological polar surface area (TPSA) is 101 Å². The number of aldehydes is 1. The molecule has 0 aliphatic carbocycles. The minimum atomic E-state index is -0.617. The fourth-order valence-electron chi connectivity index (χ4n) is 1.19. The molecular formula is C8H6N4O3. The molecule has 0 saturated carbocycles. The molecule has 7 nitrogen and oxygen atoms in total. The third-order valence-electron chi connectivity index (χ3n) is 1.79. The fraction of sp³-hybridized carbons (Fsp3) is 0. The normalized spacial score (nSPS) is 11.2. The highest BCUT2D eigenvalue weighted by Gasteiger charge is 2.05. The van der Waals surface area contributed by atoms with E-state index in [1.807, 2.05) is 4.98 Å². The van der Waals surface area contributed by atoms with Crippen LogP contribution in [0.4, 0.5) is 0 Å². The number of nitrogens with one attached hydrogen (secondary N) is 2. The predicted octanol–water partition coefficient (Wildman–Crippen LogP) is -0.917. The summed E-state index contributed by atoms with van der Waals surface area (Å²) < 4.78 is 1.38. The third kappa shape index (κ3) is 1.50. The van der Waals surface area contributed by atoms with Crippen LogP contribution in [0.2, 0.25) is 0 Å². The summed E-state index contributed by atoms with van der Waals surface area (Å²) in [4.78, 5) is 40.6. The van der Waals surface area contributed by atoms with Crippen LogP contribution in [0.3, 0.4) is 0 Å². The number of allylic oxidation sites excluding steroid dienone is 1.